The van der Waals surface area contributed by atoms with Crippen LogP contribution in [0, 0.1) is 0 Å². The molecule has 3 aromatic heterocycles. The topological polar surface area (TPSA) is 22.8 Å². The summed E-state index contributed by atoms with van der Waals surface area (Å²) in [6.07, 6.45) is 2.07. The van der Waals surface area contributed by atoms with Crippen LogP contribution in [-0.4, -0.2) is 14.1 Å². The number of pyridine rings is 1. The van der Waals surface area contributed by atoms with Crippen molar-refractivity contribution in [2.24, 2.45) is 0 Å². The Morgan fingerprint density at radius 3 is 1.56 bits per heavy atom. The lowest BCUT2D eigenvalue weighted by molar-refractivity contribution is 1.18. The van der Waals surface area contributed by atoms with Crippen LogP contribution in [0.3, 0.4) is 0 Å². The van der Waals surface area contributed by atoms with E-state index in [-0.39, 0.29) is 0 Å². The van der Waals surface area contributed by atoms with Gasteiger partial charge in [0, 0.05) is 44.5 Å². The lowest BCUT2D eigenvalue weighted by Crippen LogP contribution is -1.96. The maximum absolute atomic E-state index is 5.10. The van der Waals surface area contributed by atoms with Crippen molar-refractivity contribution in [2.45, 2.75) is 0 Å². The SMILES string of the molecule is c1ccc(-n2c3ccccc3c3ccc4c(cnc5c6ccccc6n(-c6ccccc6)c45)c32)cc1. The molecule has 0 saturated heterocycles. The minimum atomic E-state index is 1.03. The fourth-order valence-corrected chi connectivity index (χ4v) is 5.84. The Hall–Kier alpha value is -4.89. The van der Waals surface area contributed by atoms with E-state index in [1.807, 2.05) is 0 Å². The molecule has 0 aliphatic heterocycles. The molecule has 0 aliphatic rings. The van der Waals surface area contributed by atoms with E-state index in [4.69, 9.17) is 4.98 Å². The molecule has 0 fully saturated rings. The van der Waals surface area contributed by atoms with Gasteiger partial charge in [-0.2, -0.15) is 0 Å². The molecule has 3 nitrogen and oxygen atoms in total. The molecule has 3 heteroatoms. The molecule has 3 heterocycles. The van der Waals surface area contributed by atoms with Gasteiger partial charge in [-0.05, 0) is 36.4 Å². The molecule has 0 spiro atoms. The summed E-state index contributed by atoms with van der Waals surface area (Å²) in [6, 6.07) is 43.0. The van der Waals surface area contributed by atoms with E-state index in [1.165, 1.54) is 38.1 Å². The minimum absolute atomic E-state index is 1.03. The molecule has 0 N–H and O–H groups in total. The monoisotopic (exact) mass is 459 g/mol. The fraction of sp³-hybridized carbons (Fsp3) is 0. The van der Waals surface area contributed by atoms with Crippen molar-refractivity contribution in [2.75, 3.05) is 0 Å². The Morgan fingerprint density at radius 2 is 0.889 bits per heavy atom. The number of para-hydroxylation sites is 4. The summed E-state index contributed by atoms with van der Waals surface area (Å²) in [7, 11) is 0. The van der Waals surface area contributed by atoms with Crippen molar-refractivity contribution >= 4 is 54.5 Å². The van der Waals surface area contributed by atoms with Gasteiger partial charge >= 0.3 is 0 Å². The first-order valence-electron chi connectivity index (χ1n) is 12.2. The van der Waals surface area contributed by atoms with Crippen LogP contribution in [0.5, 0.6) is 0 Å². The molecule has 0 amide bonds. The summed E-state index contributed by atoms with van der Waals surface area (Å²) in [5, 5.41) is 6.02. The number of hydrogen-bond acceptors (Lipinski definition) is 1. The van der Waals surface area contributed by atoms with Gasteiger partial charge in [0.15, 0.2) is 0 Å². The van der Waals surface area contributed by atoms with Gasteiger partial charge in [-0.1, -0.05) is 84.9 Å². The molecule has 0 saturated carbocycles. The van der Waals surface area contributed by atoms with E-state index in [0.717, 1.165) is 27.8 Å². The number of hydrogen-bond donors (Lipinski definition) is 0. The van der Waals surface area contributed by atoms with E-state index < -0.39 is 0 Å². The van der Waals surface area contributed by atoms with Crippen molar-refractivity contribution in [3.8, 4) is 11.4 Å². The number of rotatable bonds is 2. The largest absolute Gasteiger partial charge is 0.309 e. The molecule has 0 unspecified atom stereocenters. The van der Waals surface area contributed by atoms with Gasteiger partial charge in [0.25, 0.3) is 0 Å². The Balaban J connectivity index is 1.62. The first-order valence-corrected chi connectivity index (χ1v) is 12.2. The van der Waals surface area contributed by atoms with Crippen LogP contribution in [-0.2, 0) is 0 Å². The van der Waals surface area contributed by atoms with E-state index in [9.17, 15) is 0 Å². The molecular weight excluding hydrogens is 438 g/mol. The summed E-state index contributed by atoms with van der Waals surface area (Å²) in [4.78, 5) is 5.10. The highest BCUT2D eigenvalue weighted by atomic mass is 15.0. The zero-order chi connectivity index (χ0) is 23.6. The van der Waals surface area contributed by atoms with Crippen molar-refractivity contribution in [3.63, 3.8) is 0 Å². The average Bonchev–Trinajstić information content (AvgIpc) is 3.47. The maximum atomic E-state index is 5.10. The molecule has 0 atom stereocenters. The Bertz CT molecular complexity index is 1930. The predicted molar refractivity (Wildman–Crippen MR) is 150 cm³/mol. The van der Waals surface area contributed by atoms with Gasteiger partial charge in [-0.15, -0.1) is 0 Å². The Labute approximate surface area is 207 Å². The average molecular weight is 460 g/mol. The zero-order valence-corrected chi connectivity index (χ0v) is 19.5. The third kappa shape index (κ3) is 2.54. The molecule has 36 heavy (non-hydrogen) atoms. The van der Waals surface area contributed by atoms with Crippen molar-refractivity contribution < 1.29 is 0 Å². The maximum Gasteiger partial charge on any atom is 0.0970 e. The zero-order valence-electron chi connectivity index (χ0n) is 19.5. The van der Waals surface area contributed by atoms with Crippen LogP contribution in [0.2, 0.25) is 0 Å². The second-order valence-electron chi connectivity index (χ2n) is 9.25. The van der Waals surface area contributed by atoms with Gasteiger partial charge in [0.05, 0.1) is 27.6 Å². The smallest absolute Gasteiger partial charge is 0.0970 e. The van der Waals surface area contributed by atoms with Gasteiger partial charge in [-0.25, -0.2) is 0 Å². The lowest BCUT2D eigenvalue weighted by Gasteiger charge is -2.12. The van der Waals surface area contributed by atoms with Crippen LogP contribution in [0.15, 0.2) is 128 Å². The van der Waals surface area contributed by atoms with Gasteiger partial charge in [0.2, 0.25) is 0 Å². The van der Waals surface area contributed by atoms with Crippen LogP contribution in [0.1, 0.15) is 0 Å². The standard InChI is InChI=1S/C33H21N3/c1-3-11-22(12-4-1)35-29-17-9-7-15-24(29)25-19-20-26-28(32(25)35)21-34-31-27-16-8-10-18-30(27)36(33(26)31)23-13-5-2-6-14-23/h1-21H. The molecular formula is C33H21N3. The van der Waals surface area contributed by atoms with Crippen LogP contribution >= 0.6 is 0 Å². The normalized spacial score (nSPS) is 11.9. The summed E-state index contributed by atoms with van der Waals surface area (Å²) in [6.45, 7) is 0. The first kappa shape index (κ1) is 19.4. The van der Waals surface area contributed by atoms with Crippen molar-refractivity contribution in [3.05, 3.63) is 128 Å². The molecule has 0 aliphatic carbocycles. The highest BCUT2D eigenvalue weighted by Crippen LogP contribution is 2.40. The van der Waals surface area contributed by atoms with E-state index in [1.54, 1.807) is 0 Å². The second-order valence-corrected chi connectivity index (χ2v) is 9.25. The first-order chi connectivity index (χ1) is 17.9. The second kappa shape index (κ2) is 7.30. The molecule has 0 bridgehead atoms. The fourth-order valence-electron chi connectivity index (χ4n) is 5.84. The quantitative estimate of drug-likeness (QED) is 0.254. The van der Waals surface area contributed by atoms with Crippen molar-refractivity contribution in [1.82, 2.24) is 14.1 Å². The predicted octanol–water partition coefficient (Wildman–Crippen LogP) is 8.43. The molecule has 8 aromatic rings. The van der Waals surface area contributed by atoms with Crippen LogP contribution < -0.4 is 0 Å². The number of benzene rings is 5. The molecule has 0 radical (unpaired) electrons. The van der Waals surface area contributed by atoms with E-state index >= 15 is 0 Å². The third-order valence-electron chi connectivity index (χ3n) is 7.33. The highest BCUT2D eigenvalue weighted by molar-refractivity contribution is 6.24. The molecule has 8 rings (SSSR count). The van der Waals surface area contributed by atoms with Gasteiger partial charge in [-0.3, -0.25) is 4.98 Å². The van der Waals surface area contributed by atoms with Crippen LogP contribution in [0.4, 0.5) is 0 Å². The Morgan fingerprint density at radius 1 is 0.389 bits per heavy atom. The third-order valence-corrected chi connectivity index (χ3v) is 7.33. The van der Waals surface area contributed by atoms with E-state index in [2.05, 4.69) is 137 Å². The van der Waals surface area contributed by atoms with Gasteiger partial charge in [0.1, 0.15) is 0 Å². The number of fused-ring (bicyclic) bond motifs is 9. The minimum Gasteiger partial charge on any atom is -0.309 e. The summed E-state index contributed by atoms with van der Waals surface area (Å²) in [5.41, 5.74) is 8.04. The highest BCUT2D eigenvalue weighted by Gasteiger charge is 2.20. The lowest BCUT2D eigenvalue weighted by atomic mass is 10.1. The number of aromatic nitrogens is 3. The summed E-state index contributed by atoms with van der Waals surface area (Å²) < 4.78 is 4.75. The van der Waals surface area contributed by atoms with Crippen LogP contribution in [0.25, 0.3) is 65.9 Å². The number of nitrogens with zero attached hydrogens (tertiary/aromatic N) is 3. The molecule has 168 valence electrons. The van der Waals surface area contributed by atoms with Crippen molar-refractivity contribution in [1.29, 1.82) is 0 Å². The summed E-state index contributed by atoms with van der Waals surface area (Å²) >= 11 is 0. The molecule has 5 aromatic carbocycles. The van der Waals surface area contributed by atoms with Gasteiger partial charge < -0.3 is 9.13 Å². The summed E-state index contributed by atoms with van der Waals surface area (Å²) in [5.74, 6) is 0. The Kier molecular flexibility index (Phi) is 3.94. The van der Waals surface area contributed by atoms with E-state index in [0.29, 0.717) is 0 Å².